The van der Waals surface area contributed by atoms with E-state index in [0.717, 1.165) is 12.8 Å². The molecule has 1 fully saturated rings. The Bertz CT molecular complexity index is 673. The fourth-order valence-electron chi connectivity index (χ4n) is 2.79. The second kappa shape index (κ2) is 8.28. The number of benzene rings is 1. The van der Waals surface area contributed by atoms with Gasteiger partial charge in [-0.25, -0.2) is 8.42 Å². The first kappa shape index (κ1) is 18.4. The Labute approximate surface area is 143 Å². The van der Waals surface area contributed by atoms with Gasteiger partial charge in [0.1, 0.15) is 6.04 Å². The van der Waals surface area contributed by atoms with Crippen LogP contribution in [0.4, 0.5) is 0 Å². The van der Waals surface area contributed by atoms with Crippen LogP contribution < -0.4 is 5.32 Å². The third-order valence-corrected chi connectivity index (χ3v) is 5.94. The van der Waals surface area contributed by atoms with Crippen LogP contribution in [-0.2, 0) is 14.6 Å². The number of nitrogens with one attached hydrogen (secondary N) is 1. The molecule has 1 aliphatic heterocycles. The van der Waals surface area contributed by atoms with Gasteiger partial charge >= 0.3 is 0 Å². The average molecular weight is 352 g/mol. The van der Waals surface area contributed by atoms with Crippen LogP contribution in [-0.4, -0.2) is 55.8 Å². The lowest BCUT2D eigenvalue weighted by Gasteiger charge is -2.34. The Hall–Kier alpha value is -1.89. The quantitative estimate of drug-likeness (QED) is 0.835. The average Bonchev–Trinajstić information content (AvgIpc) is 2.61. The largest absolute Gasteiger partial charge is 0.353 e. The summed E-state index contributed by atoms with van der Waals surface area (Å²) in [7, 11) is -3.11. The first-order valence-electron chi connectivity index (χ1n) is 8.29. The van der Waals surface area contributed by atoms with E-state index < -0.39 is 15.9 Å². The predicted molar refractivity (Wildman–Crippen MR) is 92.5 cm³/mol. The summed E-state index contributed by atoms with van der Waals surface area (Å²) in [6.45, 7) is 2.20. The Morgan fingerprint density at radius 2 is 1.92 bits per heavy atom. The number of rotatable bonds is 6. The molecule has 1 aliphatic rings. The van der Waals surface area contributed by atoms with Crippen molar-refractivity contribution in [3.63, 3.8) is 0 Å². The summed E-state index contributed by atoms with van der Waals surface area (Å²) in [5, 5.41) is 2.67. The highest BCUT2D eigenvalue weighted by atomic mass is 32.2. The van der Waals surface area contributed by atoms with Crippen LogP contribution in [0.5, 0.6) is 0 Å². The third kappa shape index (κ3) is 4.80. The first-order chi connectivity index (χ1) is 11.4. The van der Waals surface area contributed by atoms with Crippen molar-refractivity contribution in [1.29, 1.82) is 0 Å². The zero-order chi connectivity index (χ0) is 17.6. The van der Waals surface area contributed by atoms with Gasteiger partial charge in [0.25, 0.3) is 5.91 Å². The lowest BCUT2D eigenvalue weighted by molar-refractivity contribution is -0.126. The molecule has 7 heteroatoms. The predicted octanol–water partition coefficient (Wildman–Crippen LogP) is 1.23. The number of hydrogen-bond donors (Lipinski definition) is 1. The minimum atomic E-state index is -3.11. The molecular formula is C17H24N2O4S. The summed E-state index contributed by atoms with van der Waals surface area (Å²) >= 11 is 0. The molecule has 0 radical (unpaired) electrons. The van der Waals surface area contributed by atoms with Crippen molar-refractivity contribution >= 4 is 21.7 Å². The fourth-order valence-corrected chi connectivity index (χ4v) is 3.49. The van der Waals surface area contributed by atoms with Gasteiger partial charge in [0.05, 0.1) is 5.75 Å². The van der Waals surface area contributed by atoms with E-state index in [2.05, 4.69) is 5.32 Å². The Morgan fingerprint density at radius 1 is 1.21 bits per heavy atom. The maximum atomic E-state index is 12.6. The summed E-state index contributed by atoms with van der Waals surface area (Å²) < 4.78 is 23.0. The van der Waals surface area contributed by atoms with Gasteiger partial charge in [0.15, 0.2) is 9.84 Å². The monoisotopic (exact) mass is 352 g/mol. The van der Waals surface area contributed by atoms with E-state index in [-0.39, 0.29) is 29.9 Å². The number of nitrogens with zero attached hydrogens (tertiary/aromatic N) is 1. The topological polar surface area (TPSA) is 83.6 Å². The van der Waals surface area contributed by atoms with E-state index in [1.807, 2.05) is 6.07 Å². The molecule has 132 valence electrons. The molecule has 0 aliphatic carbocycles. The molecule has 2 rings (SSSR count). The SMILES string of the molecule is CCS(=O)(=O)CCNC(=O)C1CCCCN1C(=O)c1ccccc1. The first-order valence-corrected chi connectivity index (χ1v) is 10.1. The van der Waals surface area contributed by atoms with E-state index in [9.17, 15) is 18.0 Å². The summed E-state index contributed by atoms with van der Waals surface area (Å²) in [6, 6.07) is 8.37. The Balaban J connectivity index is 2.01. The fraction of sp³-hybridized carbons (Fsp3) is 0.529. The van der Waals surface area contributed by atoms with Crippen molar-refractivity contribution in [2.45, 2.75) is 32.2 Å². The second-order valence-electron chi connectivity index (χ2n) is 5.90. The number of likely N-dealkylation sites (tertiary alicyclic amines) is 1. The summed E-state index contributed by atoms with van der Waals surface area (Å²) in [5.74, 6) is -0.443. The van der Waals surface area contributed by atoms with Gasteiger partial charge in [-0.05, 0) is 31.4 Å². The van der Waals surface area contributed by atoms with Crippen molar-refractivity contribution in [2.24, 2.45) is 0 Å². The maximum absolute atomic E-state index is 12.6. The van der Waals surface area contributed by atoms with E-state index in [1.165, 1.54) is 0 Å². The molecule has 2 amide bonds. The molecule has 0 spiro atoms. The standard InChI is InChI=1S/C17H24N2O4S/c1-2-24(22,23)13-11-18-16(20)15-10-6-7-12-19(15)17(21)14-8-4-3-5-9-14/h3-5,8-9,15H,2,6-7,10-13H2,1H3,(H,18,20). The number of amides is 2. The van der Waals surface area contributed by atoms with Crippen molar-refractivity contribution < 1.29 is 18.0 Å². The number of piperidine rings is 1. The van der Waals surface area contributed by atoms with Gasteiger partial charge in [-0.2, -0.15) is 0 Å². The highest BCUT2D eigenvalue weighted by Crippen LogP contribution is 2.20. The summed E-state index contributed by atoms with van der Waals surface area (Å²) in [4.78, 5) is 26.7. The molecule has 1 N–H and O–H groups in total. The molecule has 1 unspecified atom stereocenters. The molecule has 1 atom stereocenters. The van der Waals surface area contributed by atoms with Crippen molar-refractivity contribution in [1.82, 2.24) is 10.2 Å². The van der Waals surface area contributed by atoms with Gasteiger partial charge in [0, 0.05) is 24.4 Å². The zero-order valence-corrected chi connectivity index (χ0v) is 14.7. The van der Waals surface area contributed by atoms with Crippen LogP contribution in [0.25, 0.3) is 0 Å². The Kier molecular flexibility index (Phi) is 6.36. The van der Waals surface area contributed by atoms with Crippen LogP contribution in [0.3, 0.4) is 0 Å². The second-order valence-corrected chi connectivity index (χ2v) is 8.38. The molecule has 1 aromatic rings. The number of sulfone groups is 1. The van der Waals surface area contributed by atoms with E-state index in [4.69, 9.17) is 0 Å². The van der Waals surface area contributed by atoms with Gasteiger partial charge < -0.3 is 10.2 Å². The van der Waals surface area contributed by atoms with Crippen LogP contribution in [0.2, 0.25) is 0 Å². The van der Waals surface area contributed by atoms with Crippen LogP contribution >= 0.6 is 0 Å². The maximum Gasteiger partial charge on any atom is 0.254 e. The van der Waals surface area contributed by atoms with Crippen molar-refractivity contribution in [2.75, 3.05) is 24.6 Å². The number of carbonyl (C=O) groups is 2. The molecule has 24 heavy (non-hydrogen) atoms. The lowest BCUT2D eigenvalue weighted by Crippen LogP contribution is -2.52. The molecule has 0 saturated carbocycles. The minimum Gasteiger partial charge on any atom is -0.353 e. The van der Waals surface area contributed by atoms with Gasteiger partial charge in [-0.1, -0.05) is 25.1 Å². The van der Waals surface area contributed by atoms with Crippen molar-refractivity contribution in [3.8, 4) is 0 Å². The highest BCUT2D eigenvalue weighted by Gasteiger charge is 2.32. The molecule has 6 nitrogen and oxygen atoms in total. The van der Waals surface area contributed by atoms with E-state index >= 15 is 0 Å². The van der Waals surface area contributed by atoms with Crippen LogP contribution in [0.15, 0.2) is 30.3 Å². The van der Waals surface area contributed by atoms with E-state index in [1.54, 1.807) is 36.1 Å². The molecule has 0 aromatic heterocycles. The highest BCUT2D eigenvalue weighted by molar-refractivity contribution is 7.91. The lowest BCUT2D eigenvalue weighted by atomic mass is 10.00. The van der Waals surface area contributed by atoms with Crippen molar-refractivity contribution in [3.05, 3.63) is 35.9 Å². The van der Waals surface area contributed by atoms with Gasteiger partial charge in [0.2, 0.25) is 5.91 Å². The smallest absolute Gasteiger partial charge is 0.254 e. The van der Waals surface area contributed by atoms with E-state index in [0.29, 0.717) is 18.5 Å². The summed E-state index contributed by atoms with van der Waals surface area (Å²) in [5.41, 5.74) is 0.561. The molecule has 1 heterocycles. The Morgan fingerprint density at radius 3 is 2.58 bits per heavy atom. The molecular weight excluding hydrogens is 328 g/mol. The molecule has 1 aromatic carbocycles. The van der Waals surface area contributed by atoms with Gasteiger partial charge in [-0.15, -0.1) is 0 Å². The third-order valence-electron chi connectivity index (χ3n) is 4.24. The molecule has 1 saturated heterocycles. The summed E-state index contributed by atoms with van der Waals surface area (Å²) in [6.07, 6.45) is 2.35. The number of carbonyl (C=O) groups excluding carboxylic acids is 2. The van der Waals surface area contributed by atoms with Crippen LogP contribution in [0, 0.1) is 0 Å². The van der Waals surface area contributed by atoms with Crippen LogP contribution in [0.1, 0.15) is 36.5 Å². The van der Waals surface area contributed by atoms with Gasteiger partial charge in [-0.3, -0.25) is 9.59 Å². The zero-order valence-electron chi connectivity index (χ0n) is 13.9. The molecule has 0 bridgehead atoms. The number of hydrogen-bond acceptors (Lipinski definition) is 4. The minimum absolute atomic E-state index is 0.0604. The normalized spacial score (nSPS) is 18.2.